The molecule has 35 heavy (non-hydrogen) atoms. The Kier molecular flexibility index (Phi) is 16.2. The van der Waals surface area contributed by atoms with Crippen molar-refractivity contribution in [1.29, 1.82) is 0 Å². The summed E-state index contributed by atoms with van der Waals surface area (Å²) in [5, 5.41) is 18.9. The highest BCUT2D eigenvalue weighted by molar-refractivity contribution is 7.40. The lowest BCUT2D eigenvalue weighted by molar-refractivity contribution is -0.161. The first kappa shape index (κ1) is 33.4. The summed E-state index contributed by atoms with van der Waals surface area (Å²) in [6.07, 6.45) is 0.624. The third-order valence-electron chi connectivity index (χ3n) is 5.47. The summed E-state index contributed by atoms with van der Waals surface area (Å²) >= 11 is 0. The van der Waals surface area contributed by atoms with Crippen molar-refractivity contribution >= 4 is 32.5 Å². The fourth-order valence-corrected chi connectivity index (χ4v) is 3.82. The number of nitrogens with two attached hydrogens (primary N) is 1. The van der Waals surface area contributed by atoms with Crippen molar-refractivity contribution in [3.63, 3.8) is 0 Å². The summed E-state index contributed by atoms with van der Waals surface area (Å²) in [4.78, 5) is 49.3. The zero-order valence-corrected chi connectivity index (χ0v) is 23.5. The Labute approximate surface area is 212 Å². The van der Waals surface area contributed by atoms with Crippen LogP contribution in [0.2, 0.25) is 0 Å². The molecule has 0 rings (SSSR count). The van der Waals surface area contributed by atoms with Crippen molar-refractivity contribution in [3.8, 4) is 0 Å². The van der Waals surface area contributed by atoms with E-state index in [9.17, 15) is 24.3 Å². The normalized spacial score (nSPS) is 16.7. The molecular formula is C24H47N4O6P. The maximum Gasteiger partial charge on any atom is 0.243 e. The summed E-state index contributed by atoms with van der Waals surface area (Å²) in [7, 11) is 1.99. The van der Waals surface area contributed by atoms with Gasteiger partial charge < -0.3 is 31.5 Å². The topological polar surface area (TPSA) is 160 Å². The number of carbonyl (C=O) groups excluding carboxylic acids is 4. The van der Waals surface area contributed by atoms with Crippen LogP contribution >= 0.6 is 9.24 Å². The number of nitrogens with one attached hydrogen (secondary N) is 3. The lowest BCUT2D eigenvalue weighted by Crippen LogP contribution is -2.57. The molecule has 0 spiro atoms. The van der Waals surface area contributed by atoms with Gasteiger partial charge in [-0.25, -0.2) is 0 Å². The van der Waals surface area contributed by atoms with Crippen molar-refractivity contribution < 1.29 is 29.0 Å². The van der Waals surface area contributed by atoms with Gasteiger partial charge in [0.1, 0.15) is 12.1 Å². The fourth-order valence-electron chi connectivity index (χ4n) is 3.55. The molecule has 204 valence electrons. The summed E-state index contributed by atoms with van der Waals surface area (Å²) in [6, 6.07) is -3.32. The van der Waals surface area contributed by atoms with Gasteiger partial charge in [-0.15, -0.1) is 0 Å². The number of hydrogen-bond acceptors (Lipinski definition) is 7. The van der Waals surface area contributed by atoms with E-state index in [-0.39, 0.29) is 23.3 Å². The lowest BCUT2D eigenvalue weighted by Gasteiger charge is -2.30. The van der Waals surface area contributed by atoms with Crippen molar-refractivity contribution in [1.82, 2.24) is 16.0 Å². The second-order valence-electron chi connectivity index (χ2n) is 9.99. The van der Waals surface area contributed by atoms with Crippen LogP contribution in [0.3, 0.4) is 0 Å². The number of rotatable bonds is 17. The molecule has 11 heteroatoms. The highest BCUT2D eigenvalue weighted by Crippen LogP contribution is 2.14. The summed E-state index contributed by atoms with van der Waals surface area (Å²) in [5.41, 5.74) is 5.44. The first-order chi connectivity index (χ1) is 16.2. The van der Waals surface area contributed by atoms with E-state index in [1.807, 2.05) is 43.9 Å². The fraction of sp³-hybridized carbons (Fsp3) is 0.833. The number of hydrogen-bond donors (Lipinski definition) is 5. The largest absolute Gasteiger partial charge is 0.366 e. The molecule has 0 saturated carbocycles. The number of carbonyl (C=O) groups is 4. The summed E-state index contributed by atoms with van der Waals surface area (Å²) < 4.78 is 5.55. The van der Waals surface area contributed by atoms with Crippen molar-refractivity contribution in [2.24, 2.45) is 17.6 Å². The Bertz CT molecular complexity index is 691. The molecule has 0 aromatic rings. The second kappa shape index (κ2) is 17.0. The molecule has 6 N–H and O–H groups in total. The standard InChI is InChI=1S/C24H47N4O6P/c1-8-9-10-17(23(32)34-15(6)20(25)24(33)35)27-22(31)19(12-14(4)5)28-21(30)18(11-13(2)3)26-16(7)29/h13-15,17-20,23,32H,8-12,25,35H2,1-7H3,(H,26,29)(H,27,31)(H,28,30)/t15-,17+,18+,19+,20+,23?/m1/s1. The predicted molar refractivity (Wildman–Crippen MR) is 139 cm³/mol. The highest BCUT2D eigenvalue weighted by atomic mass is 31.0. The molecular weight excluding hydrogens is 471 g/mol. The van der Waals surface area contributed by atoms with E-state index in [0.29, 0.717) is 25.7 Å². The van der Waals surface area contributed by atoms with Gasteiger partial charge in [-0.1, -0.05) is 56.7 Å². The lowest BCUT2D eigenvalue weighted by atomic mass is 9.99. The predicted octanol–water partition coefficient (Wildman–Crippen LogP) is 1.20. The zero-order valence-electron chi connectivity index (χ0n) is 22.3. The Balaban J connectivity index is 5.57. The molecule has 0 bridgehead atoms. The number of ether oxygens (including phenoxy) is 1. The molecule has 0 fully saturated rings. The average molecular weight is 519 g/mol. The van der Waals surface area contributed by atoms with Crippen LogP contribution < -0.4 is 21.7 Å². The van der Waals surface area contributed by atoms with Crippen LogP contribution in [-0.2, 0) is 23.9 Å². The molecule has 0 saturated heterocycles. The van der Waals surface area contributed by atoms with Gasteiger partial charge in [-0.05, 0) is 38.0 Å². The van der Waals surface area contributed by atoms with E-state index in [1.165, 1.54) is 6.92 Å². The molecule has 0 radical (unpaired) electrons. The van der Waals surface area contributed by atoms with Crippen molar-refractivity contribution in [2.45, 2.75) is 117 Å². The molecule has 7 atom stereocenters. The van der Waals surface area contributed by atoms with Crippen molar-refractivity contribution in [2.75, 3.05) is 0 Å². The van der Waals surface area contributed by atoms with Gasteiger partial charge in [0.2, 0.25) is 17.7 Å². The second-order valence-corrected chi connectivity index (χ2v) is 10.6. The number of amides is 3. The molecule has 0 heterocycles. The van der Waals surface area contributed by atoms with Gasteiger partial charge in [-0.3, -0.25) is 19.2 Å². The van der Waals surface area contributed by atoms with Crippen molar-refractivity contribution in [3.05, 3.63) is 0 Å². The number of aliphatic hydroxyl groups excluding tert-OH is 1. The van der Waals surface area contributed by atoms with Crippen LogP contribution in [0.4, 0.5) is 0 Å². The minimum atomic E-state index is -1.39. The Hall–Kier alpha value is -1.61. The van der Waals surface area contributed by atoms with Gasteiger partial charge >= 0.3 is 0 Å². The monoisotopic (exact) mass is 518 g/mol. The van der Waals surface area contributed by atoms with Gasteiger partial charge in [0.25, 0.3) is 0 Å². The maximum absolute atomic E-state index is 13.2. The van der Waals surface area contributed by atoms with Crippen LogP contribution in [0, 0.1) is 11.8 Å². The number of aliphatic hydroxyl groups is 1. The van der Waals surface area contributed by atoms with E-state index >= 15 is 0 Å². The first-order valence-corrected chi connectivity index (χ1v) is 13.0. The Morgan fingerprint density at radius 2 is 1.40 bits per heavy atom. The summed E-state index contributed by atoms with van der Waals surface area (Å²) in [5.74, 6) is -0.970. The zero-order chi connectivity index (χ0) is 27.3. The van der Waals surface area contributed by atoms with E-state index in [0.717, 1.165) is 6.42 Å². The van der Waals surface area contributed by atoms with E-state index in [4.69, 9.17) is 10.5 Å². The smallest absolute Gasteiger partial charge is 0.243 e. The molecule has 10 nitrogen and oxygen atoms in total. The minimum absolute atomic E-state index is 0.0942. The Morgan fingerprint density at radius 1 is 0.914 bits per heavy atom. The molecule has 2 unspecified atom stereocenters. The molecule has 3 amide bonds. The summed E-state index contributed by atoms with van der Waals surface area (Å²) in [6.45, 7) is 12.7. The highest BCUT2D eigenvalue weighted by Gasteiger charge is 2.31. The van der Waals surface area contributed by atoms with Gasteiger partial charge in [0.15, 0.2) is 11.8 Å². The van der Waals surface area contributed by atoms with Gasteiger partial charge in [0, 0.05) is 6.92 Å². The van der Waals surface area contributed by atoms with Gasteiger partial charge in [0.05, 0.1) is 18.2 Å². The third-order valence-corrected chi connectivity index (χ3v) is 5.85. The maximum atomic E-state index is 13.2. The van der Waals surface area contributed by atoms with Crippen LogP contribution in [0.25, 0.3) is 0 Å². The SMILES string of the molecule is CCCC[C@H](NC(=O)[C@H](CC(C)C)NC(=O)[C@H](CC(C)C)NC(C)=O)C(O)O[C@H](C)[C@H](N)C(=O)P. The van der Waals surface area contributed by atoms with Crippen LogP contribution in [0.1, 0.15) is 80.6 Å². The van der Waals surface area contributed by atoms with Crippen LogP contribution in [0.15, 0.2) is 0 Å². The Morgan fingerprint density at radius 3 is 1.83 bits per heavy atom. The van der Waals surface area contributed by atoms with E-state index < -0.39 is 48.4 Å². The van der Waals surface area contributed by atoms with E-state index in [2.05, 4.69) is 16.0 Å². The number of unbranched alkanes of at least 4 members (excludes halogenated alkanes) is 1. The molecule has 0 aliphatic carbocycles. The molecule has 0 aliphatic rings. The third kappa shape index (κ3) is 13.9. The molecule has 0 aromatic carbocycles. The van der Waals surface area contributed by atoms with E-state index in [1.54, 1.807) is 6.92 Å². The van der Waals surface area contributed by atoms with Crippen LogP contribution in [-0.4, -0.2) is 64.9 Å². The molecule has 0 aliphatic heterocycles. The average Bonchev–Trinajstić information content (AvgIpc) is 2.73. The molecule has 0 aromatic heterocycles. The minimum Gasteiger partial charge on any atom is -0.366 e. The van der Waals surface area contributed by atoms with Gasteiger partial charge in [-0.2, -0.15) is 0 Å². The quantitative estimate of drug-likeness (QED) is 0.143. The van der Waals surface area contributed by atoms with Crippen LogP contribution in [0.5, 0.6) is 0 Å². The first-order valence-electron chi connectivity index (χ1n) is 12.5.